The van der Waals surface area contributed by atoms with Crippen molar-refractivity contribution in [2.45, 2.75) is 60.6 Å². The van der Waals surface area contributed by atoms with E-state index in [0.29, 0.717) is 0 Å². The molecule has 33 heavy (non-hydrogen) atoms. The van der Waals surface area contributed by atoms with Gasteiger partial charge in [0.15, 0.2) is 0 Å². The van der Waals surface area contributed by atoms with Crippen LogP contribution in [0.2, 0.25) is 6.25 Å². The molecule has 0 amide bonds. The van der Waals surface area contributed by atoms with Gasteiger partial charge >= 0.3 is 206 Å². The Morgan fingerprint density at radius 2 is 1.06 bits per heavy atom. The molecule has 2 nitrogen and oxygen atoms in total. The van der Waals surface area contributed by atoms with Crippen molar-refractivity contribution < 1.29 is 26.8 Å². The van der Waals surface area contributed by atoms with E-state index < -0.39 is 21.1 Å². The fraction of sp³-hybridized carbons (Fsp3) is 0.333. The molecule has 4 rings (SSSR count). The topological polar surface area (TPSA) is 18.5 Å². The predicted molar refractivity (Wildman–Crippen MR) is 135 cm³/mol. The predicted octanol–water partition coefficient (Wildman–Crippen LogP) is 8.64. The molecule has 0 bridgehead atoms. The molecule has 0 N–H and O–H groups in total. The Labute approximate surface area is 205 Å². The fourth-order valence-electron chi connectivity index (χ4n) is 5.20. The average molecular weight is 520 g/mol. The molecule has 2 unspecified atom stereocenters. The van der Waals surface area contributed by atoms with E-state index in [1.807, 2.05) is 0 Å². The van der Waals surface area contributed by atoms with Crippen LogP contribution in [0.4, 0.5) is 0 Å². The van der Waals surface area contributed by atoms with E-state index in [1.54, 1.807) is 0 Å². The molecule has 0 spiro atoms. The summed E-state index contributed by atoms with van der Waals surface area (Å²) in [5.41, 5.74) is 5.09. The van der Waals surface area contributed by atoms with Crippen LogP contribution in [0, 0.1) is 0 Å². The Hall–Kier alpha value is -2.12. The van der Waals surface area contributed by atoms with Gasteiger partial charge in [0.1, 0.15) is 0 Å². The third kappa shape index (κ3) is 3.83. The summed E-state index contributed by atoms with van der Waals surface area (Å²) in [6.07, 6.45) is 15.4. The molecule has 0 aliphatic heterocycles. The molecule has 2 aromatic carbocycles. The van der Waals surface area contributed by atoms with Gasteiger partial charge in [-0.25, -0.2) is 0 Å². The Balaban J connectivity index is 2.02. The normalized spacial score (nSPS) is 24.1. The van der Waals surface area contributed by atoms with E-state index in [2.05, 4.69) is 127 Å². The second-order valence-corrected chi connectivity index (χ2v) is 18.7. The number of rotatable bonds is 8. The standard InChI is InChI=1S/2C8H10O.2C7H9.Zr/c2*1-2-7-5-3-4-6-8(7)9;2*1-6-4-3-5-7(6)2;/h2*3-6,9H,2H2,1H3;2*3-5H,1-2H3;/q;;;;+2/p-2. The van der Waals surface area contributed by atoms with E-state index >= 15 is 0 Å². The summed E-state index contributed by atoms with van der Waals surface area (Å²) in [5, 5.41) is 0. The first-order chi connectivity index (χ1) is 15.8. The molecule has 0 heterocycles. The monoisotopic (exact) mass is 518 g/mol. The zero-order valence-electron chi connectivity index (χ0n) is 20.8. The van der Waals surface area contributed by atoms with Gasteiger partial charge in [-0.3, -0.25) is 0 Å². The van der Waals surface area contributed by atoms with Crippen LogP contribution < -0.4 is 5.63 Å². The van der Waals surface area contributed by atoms with Gasteiger partial charge in [-0.2, -0.15) is 0 Å². The maximum atomic E-state index is 7.45. The summed E-state index contributed by atoms with van der Waals surface area (Å²) in [6.45, 7) is 13.5. The molecular formula is C30H36O2Zr. The third-order valence-corrected chi connectivity index (χ3v) is 19.7. The van der Waals surface area contributed by atoms with Gasteiger partial charge in [0.05, 0.1) is 0 Å². The Morgan fingerprint density at radius 1 is 0.667 bits per heavy atom. The van der Waals surface area contributed by atoms with E-state index in [4.69, 9.17) is 5.63 Å². The van der Waals surface area contributed by atoms with Crippen LogP contribution in [0.3, 0.4) is 0 Å². The van der Waals surface area contributed by atoms with Crippen LogP contribution in [0.15, 0.2) is 96.1 Å². The Morgan fingerprint density at radius 3 is 1.39 bits per heavy atom. The minimum absolute atomic E-state index is 0.283. The molecular weight excluding hydrogens is 484 g/mol. The number of para-hydroxylation sites is 2. The average Bonchev–Trinajstić information content (AvgIpc) is 3.36. The van der Waals surface area contributed by atoms with Crippen molar-refractivity contribution in [3.8, 4) is 11.5 Å². The van der Waals surface area contributed by atoms with Crippen molar-refractivity contribution in [2.75, 3.05) is 0 Å². The van der Waals surface area contributed by atoms with E-state index in [0.717, 1.165) is 24.3 Å². The molecule has 0 saturated carbocycles. The minimum atomic E-state index is -4.29. The van der Waals surface area contributed by atoms with Crippen molar-refractivity contribution in [2.24, 2.45) is 0 Å². The third-order valence-electron chi connectivity index (χ3n) is 7.77. The van der Waals surface area contributed by atoms with Crippen LogP contribution >= 0.6 is 0 Å². The first kappa shape index (κ1) is 24.0. The van der Waals surface area contributed by atoms with Crippen molar-refractivity contribution >= 4 is 0 Å². The summed E-state index contributed by atoms with van der Waals surface area (Å²) in [5.74, 6) is 1.93. The number of benzene rings is 2. The molecule has 2 atom stereocenters. The van der Waals surface area contributed by atoms with Gasteiger partial charge in [0, 0.05) is 0 Å². The molecule has 2 aliphatic rings. The molecule has 0 radical (unpaired) electrons. The second-order valence-electron chi connectivity index (χ2n) is 9.57. The first-order valence-corrected chi connectivity index (χ1v) is 16.5. The van der Waals surface area contributed by atoms with Gasteiger partial charge in [0.25, 0.3) is 0 Å². The molecule has 0 aromatic heterocycles. The molecule has 2 aromatic rings. The van der Waals surface area contributed by atoms with Crippen LogP contribution in [0.5, 0.6) is 11.5 Å². The van der Waals surface area contributed by atoms with Crippen LogP contribution in [0.1, 0.15) is 52.7 Å². The molecule has 172 valence electrons. The number of hydrogen-bond acceptors (Lipinski definition) is 2. The fourth-order valence-corrected chi connectivity index (χ4v) is 17.1. The van der Waals surface area contributed by atoms with E-state index in [-0.39, 0.29) is 6.25 Å². The number of aryl methyl sites for hydroxylation is 2. The molecule has 0 saturated heterocycles. The number of hydrogen-bond donors (Lipinski definition) is 0. The SMILES string of the molecule is CCc1ccccc1[O][Zr]([O]c1ccccc1CC)([C]1(C)C=CC=C1C)[C]1(C)C=CC=C1C. The van der Waals surface area contributed by atoms with Gasteiger partial charge < -0.3 is 0 Å². The molecule has 3 heteroatoms. The number of allylic oxidation sites excluding steroid dienone is 8. The summed E-state index contributed by atoms with van der Waals surface area (Å²) in [7, 11) is 0. The summed E-state index contributed by atoms with van der Waals surface area (Å²) < 4.78 is 14.3. The van der Waals surface area contributed by atoms with Crippen molar-refractivity contribution in [1.82, 2.24) is 0 Å². The van der Waals surface area contributed by atoms with E-state index in [9.17, 15) is 0 Å². The summed E-state index contributed by atoms with van der Waals surface area (Å²) >= 11 is -4.29. The molecule has 0 fully saturated rings. The van der Waals surface area contributed by atoms with Crippen LogP contribution in [-0.4, -0.2) is 0 Å². The van der Waals surface area contributed by atoms with Gasteiger partial charge in [-0.1, -0.05) is 0 Å². The quantitative estimate of drug-likeness (QED) is 0.347. The summed E-state index contributed by atoms with van der Waals surface area (Å²) in [4.78, 5) is 0. The van der Waals surface area contributed by atoms with Crippen molar-refractivity contribution in [3.05, 3.63) is 107 Å². The Bertz CT molecular complexity index is 1060. The first-order valence-electron chi connectivity index (χ1n) is 12.1. The van der Waals surface area contributed by atoms with Gasteiger partial charge in [-0.05, 0) is 0 Å². The zero-order valence-corrected chi connectivity index (χ0v) is 23.3. The van der Waals surface area contributed by atoms with Gasteiger partial charge in [-0.15, -0.1) is 0 Å². The Kier molecular flexibility index (Phi) is 6.74. The van der Waals surface area contributed by atoms with Crippen LogP contribution in [-0.2, 0) is 34.0 Å². The molecule has 2 aliphatic carbocycles. The second kappa shape index (κ2) is 9.26. The maximum absolute atomic E-state index is 7.45. The van der Waals surface area contributed by atoms with Gasteiger partial charge in [0.2, 0.25) is 0 Å². The van der Waals surface area contributed by atoms with Crippen molar-refractivity contribution in [3.63, 3.8) is 0 Å². The summed E-state index contributed by atoms with van der Waals surface area (Å²) in [6, 6.07) is 17.0. The van der Waals surface area contributed by atoms with E-state index in [1.165, 1.54) is 22.3 Å². The van der Waals surface area contributed by atoms with Crippen molar-refractivity contribution in [1.29, 1.82) is 0 Å². The zero-order chi connectivity index (χ0) is 23.7. The van der Waals surface area contributed by atoms with Crippen LogP contribution in [0.25, 0.3) is 0 Å².